The van der Waals surface area contributed by atoms with Crippen molar-refractivity contribution in [3.63, 3.8) is 0 Å². The van der Waals surface area contributed by atoms with Crippen molar-refractivity contribution in [3.05, 3.63) is 71.2 Å². The Hall–Kier alpha value is -2.99. The maximum atomic E-state index is 12.7. The third-order valence-electron chi connectivity index (χ3n) is 4.25. The second-order valence-corrected chi connectivity index (χ2v) is 7.10. The van der Waals surface area contributed by atoms with E-state index in [9.17, 15) is 9.59 Å². The van der Waals surface area contributed by atoms with Crippen LogP contribution in [0.4, 0.5) is 17.1 Å². The van der Waals surface area contributed by atoms with Crippen LogP contribution in [0.25, 0.3) is 5.57 Å². The van der Waals surface area contributed by atoms with E-state index in [1.54, 1.807) is 36.0 Å². The van der Waals surface area contributed by atoms with Crippen LogP contribution < -0.4 is 16.0 Å². The van der Waals surface area contributed by atoms with Gasteiger partial charge in [-0.05, 0) is 65.9 Å². The summed E-state index contributed by atoms with van der Waals surface area (Å²) in [5.74, 6) is 0.773. The van der Waals surface area contributed by atoms with E-state index < -0.39 is 0 Å². The largest absolute Gasteiger partial charge is 0.384 e. The number of hydrogen-bond acceptors (Lipinski definition) is 5. The summed E-state index contributed by atoms with van der Waals surface area (Å²) < 4.78 is 0. The first-order valence-corrected chi connectivity index (χ1v) is 10.2. The monoisotopic (exact) mass is 393 g/mol. The van der Waals surface area contributed by atoms with Gasteiger partial charge in [0.25, 0.3) is 5.91 Å². The molecule has 0 fully saturated rings. The fourth-order valence-electron chi connectivity index (χ4n) is 2.86. The van der Waals surface area contributed by atoms with Gasteiger partial charge in [0, 0.05) is 23.5 Å². The molecule has 1 aliphatic rings. The smallest absolute Gasteiger partial charge is 0.255 e. The van der Waals surface area contributed by atoms with Crippen LogP contribution in [-0.2, 0) is 4.79 Å². The molecule has 0 spiro atoms. The van der Waals surface area contributed by atoms with E-state index in [4.69, 9.17) is 0 Å². The highest BCUT2D eigenvalue weighted by Gasteiger charge is 2.12. The number of carbonyl (C=O) groups excluding carboxylic acids is 2. The van der Waals surface area contributed by atoms with Gasteiger partial charge in [0.15, 0.2) is 0 Å². The summed E-state index contributed by atoms with van der Waals surface area (Å²) in [5.41, 5.74) is 5.22. The Balaban J connectivity index is 1.80. The lowest BCUT2D eigenvalue weighted by atomic mass is 10.0. The first-order valence-electron chi connectivity index (χ1n) is 9.16. The SMILES string of the molecule is CCNc1ccc(C2=CCSC=C2)cc1NC(=O)c1ccc(NCC=O)cc1. The quantitative estimate of drug-likeness (QED) is 0.571. The van der Waals surface area contributed by atoms with E-state index in [1.165, 1.54) is 0 Å². The zero-order chi connectivity index (χ0) is 19.8. The van der Waals surface area contributed by atoms with Crippen molar-refractivity contribution < 1.29 is 9.59 Å². The number of anilines is 3. The molecular formula is C22H23N3O2S. The van der Waals surface area contributed by atoms with Crippen LogP contribution in [0.2, 0.25) is 0 Å². The van der Waals surface area contributed by atoms with Crippen molar-refractivity contribution in [3.8, 4) is 0 Å². The molecule has 2 aromatic carbocycles. The van der Waals surface area contributed by atoms with Crippen LogP contribution in [0.5, 0.6) is 0 Å². The average molecular weight is 394 g/mol. The summed E-state index contributed by atoms with van der Waals surface area (Å²) in [5, 5.41) is 11.4. The Morgan fingerprint density at radius 3 is 2.61 bits per heavy atom. The van der Waals surface area contributed by atoms with E-state index in [2.05, 4.69) is 39.6 Å². The molecule has 1 heterocycles. The summed E-state index contributed by atoms with van der Waals surface area (Å²) in [7, 11) is 0. The third-order valence-corrected chi connectivity index (χ3v) is 4.94. The molecule has 0 bridgehead atoms. The molecule has 0 radical (unpaired) electrons. The van der Waals surface area contributed by atoms with Crippen LogP contribution >= 0.6 is 11.8 Å². The fourth-order valence-corrected chi connectivity index (χ4v) is 3.49. The molecule has 3 rings (SSSR count). The van der Waals surface area contributed by atoms with Crippen LogP contribution in [-0.4, -0.2) is 31.0 Å². The van der Waals surface area contributed by atoms with Gasteiger partial charge in [-0.3, -0.25) is 4.79 Å². The summed E-state index contributed by atoms with van der Waals surface area (Å²) in [4.78, 5) is 23.2. The highest BCUT2D eigenvalue weighted by atomic mass is 32.2. The first-order chi connectivity index (χ1) is 13.7. The van der Waals surface area contributed by atoms with Crippen LogP contribution in [0.1, 0.15) is 22.8 Å². The third kappa shape index (κ3) is 5.04. The average Bonchev–Trinajstić information content (AvgIpc) is 2.74. The van der Waals surface area contributed by atoms with E-state index in [-0.39, 0.29) is 12.5 Å². The van der Waals surface area contributed by atoms with Gasteiger partial charge in [-0.15, -0.1) is 11.8 Å². The molecule has 2 aromatic rings. The Morgan fingerprint density at radius 2 is 1.93 bits per heavy atom. The van der Waals surface area contributed by atoms with E-state index >= 15 is 0 Å². The van der Waals surface area contributed by atoms with Crippen molar-refractivity contribution in [2.24, 2.45) is 0 Å². The molecule has 0 saturated heterocycles. The Bertz CT molecular complexity index is 904. The molecule has 3 N–H and O–H groups in total. The molecule has 6 heteroatoms. The standard InChI is InChI=1S/C22H23N3O2S/c1-2-23-20-8-5-18(16-9-13-28-14-10-16)15-21(20)25-22(27)17-3-6-19(7-4-17)24-11-12-26/h3-10,12-13,15,23-24H,2,11,14H2,1H3,(H,25,27). The summed E-state index contributed by atoms with van der Waals surface area (Å²) >= 11 is 1.76. The Labute approximate surface area is 169 Å². The molecule has 5 nitrogen and oxygen atoms in total. The van der Waals surface area contributed by atoms with Crippen LogP contribution in [0.3, 0.4) is 0 Å². The number of rotatable bonds is 8. The predicted molar refractivity (Wildman–Crippen MR) is 119 cm³/mol. The van der Waals surface area contributed by atoms with Gasteiger partial charge in [0.05, 0.1) is 17.9 Å². The number of aldehydes is 1. The molecule has 0 aromatic heterocycles. The molecular weight excluding hydrogens is 370 g/mol. The predicted octanol–water partition coefficient (Wildman–Crippen LogP) is 4.63. The van der Waals surface area contributed by atoms with Gasteiger partial charge in [-0.2, -0.15) is 0 Å². The van der Waals surface area contributed by atoms with E-state index in [0.29, 0.717) is 5.56 Å². The van der Waals surface area contributed by atoms with Gasteiger partial charge in [0.1, 0.15) is 6.29 Å². The van der Waals surface area contributed by atoms with Gasteiger partial charge in [-0.25, -0.2) is 0 Å². The zero-order valence-electron chi connectivity index (χ0n) is 15.7. The topological polar surface area (TPSA) is 70.2 Å². The molecule has 0 aliphatic carbocycles. The second kappa shape index (κ2) is 9.80. The Morgan fingerprint density at radius 1 is 1.11 bits per heavy atom. The highest BCUT2D eigenvalue weighted by molar-refractivity contribution is 8.02. The van der Waals surface area contributed by atoms with Crippen molar-refractivity contribution in [2.75, 3.05) is 34.8 Å². The minimum atomic E-state index is -0.179. The van der Waals surface area contributed by atoms with Gasteiger partial charge in [-0.1, -0.05) is 12.1 Å². The van der Waals surface area contributed by atoms with Gasteiger partial charge in [0.2, 0.25) is 0 Å². The number of amides is 1. The molecule has 144 valence electrons. The minimum absolute atomic E-state index is 0.179. The second-order valence-electron chi connectivity index (χ2n) is 6.17. The fraction of sp³-hybridized carbons (Fsp3) is 0.182. The number of carbonyl (C=O) groups is 2. The van der Waals surface area contributed by atoms with Crippen molar-refractivity contribution >= 4 is 46.6 Å². The molecule has 0 atom stereocenters. The number of benzene rings is 2. The highest BCUT2D eigenvalue weighted by Crippen LogP contribution is 2.30. The Kier molecular flexibility index (Phi) is 6.92. The molecule has 0 unspecified atom stereocenters. The van der Waals surface area contributed by atoms with Crippen LogP contribution in [0, 0.1) is 0 Å². The number of nitrogens with one attached hydrogen (secondary N) is 3. The zero-order valence-corrected chi connectivity index (χ0v) is 16.5. The van der Waals surface area contributed by atoms with Crippen LogP contribution in [0.15, 0.2) is 60.0 Å². The lowest BCUT2D eigenvalue weighted by molar-refractivity contribution is -0.106. The summed E-state index contributed by atoms with van der Waals surface area (Å²) in [6, 6.07) is 13.1. The molecule has 28 heavy (non-hydrogen) atoms. The summed E-state index contributed by atoms with van der Waals surface area (Å²) in [6.07, 6.45) is 5.07. The number of allylic oxidation sites excluding steroid dienone is 2. The van der Waals surface area contributed by atoms with E-state index in [0.717, 1.165) is 46.8 Å². The van der Waals surface area contributed by atoms with E-state index in [1.807, 2.05) is 19.1 Å². The minimum Gasteiger partial charge on any atom is -0.384 e. The lowest BCUT2D eigenvalue weighted by Crippen LogP contribution is -2.14. The van der Waals surface area contributed by atoms with Crippen molar-refractivity contribution in [2.45, 2.75) is 6.92 Å². The molecule has 0 saturated carbocycles. The van der Waals surface area contributed by atoms with Crippen molar-refractivity contribution in [1.29, 1.82) is 0 Å². The first kappa shape index (κ1) is 19.8. The number of hydrogen-bond donors (Lipinski definition) is 3. The van der Waals surface area contributed by atoms with Crippen molar-refractivity contribution in [1.82, 2.24) is 0 Å². The van der Waals surface area contributed by atoms with Gasteiger partial charge < -0.3 is 20.7 Å². The lowest BCUT2D eigenvalue weighted by Gasteiger charge is -2.15. The maximum absolute atomic E-state index is 12.7. The number of thioether (sulfide) groups is 1. The maximum Gasteiger partial charge on any atom is 0.255 e. The van der Waals surface area contributed by atoms with Gasteiger partial charge >= 0.3 is 0 Å². The molecule has 1 aliphatic heterocycles. The molecule has 1 amide bonds. The summed E-state index contributed by atoms with van der Waals surface area (Å²) in [6.45, 7) is 3.03. The normalized spacial score (nSPS) is 12.8.